The van der Waals surface area contributed by atoms with Crippen LogP contribution in [-0.4, -0.2) is 79.9 Å². The van der Waals surface area contributed by atoms with Crippen LogP contribution in [0.15, 0.2) is 30.5 Å². The summed E-state index contributed by atoms with van der Waals surface area (Å²) in [4.78, 5) is 18.8. The van der Waals surface area contributed by atoms with Crippen LogP contribution in [0.1, 0.15) is 16.1 Å². The SMILES string of the molecule is O=C(c1cnc(-c2ccccc2F)s1)N1CCN(S(=O)(=O)C2CCS(=O)(=O)C2)CC1. The van der Waals surface area contributed by atoms with Gasteiger partial charge in [-0.15, -0.1) is 11.3 Å². The lowest BCUT2D eigenvalue weighted by Crippen LogP contribution is -2.52. The number of halogens is 1. The van der Waals surface area contributed by atoms with Crippen LogP contribution in [0.5, 0.6) is 0 Å². The number of carbonyl (C=O) groups is 1. The maximum atomic E-state index is 13.9. The first-order valence-corrected chi connectivity index (χ1v) is 13.5. The lowest BCUT2D eigenvalue weighted by atomic mass is 10.2. The summed E-state index contributed by atoms with van der Waals surface area (Å²) in [5, 5.41) is -0.505. The van der Waals surface area contributed by atoms with E-state index >= 15 is 0 Å². The molecular weight excluding hydrogens is 453 g/mol. The molecule has 12 heteroatoms. The van der Waals surface area contributed by atoms with E-state index in [1.165, 1.54) is 21.5 Å². The first kappa shape index (κ1) is 21.3. The number of thiazole rings is 1. The molecule has 1 amide bonds. The van der Waals surface area contributed by atoms with Crippen LogP contribution in [0, 0.1) is 5.82 Å². The summed E-state index contributed by atoms with van der Waals surface area (Å²) in [6.45, 7) is 0.627. The molecule has 1 aromatic carbocycles. The van der Waals surface area contributed by atoms with Crippen LogP contribution < -0.4 is 0 Å². The maximum Gasteiger partial charge on any atom is 0.265 e. The number of sulfonamides is 1. The highest BCUT2D eigenvalue weighted by molar-refractivity contribution is 7.95. The van der Waals surface area contributed by atoms with Gasteiger partial charge in [-0.3, -0.25) is 4.79 Å². The second-order valence-corrected chi connectivity index (χ2v) is 12.7. The van der Waals surface area contributed by atoms with Gasteiger partial charge in [0.05, 0.1) is 23.0 Å². The molecule has 2 fully saturated rings. The molecule has 1 aromatic heterocycles. The number of carbonyl (C=O) groups excluding carboxylic acids is 1. The van der Waals surface area contributed by atoms with Crippen LogP contribution in [0.25, 0.3) is 10.6 Å². The van der Waals surface area contributed by atoms with Gasteiger partial charge >= 0.3 is 0 Å². The Morgan fingerprint density at radius 1 is 1.17 bits per heavy atom. The van der Waals surface area contributed by atoms with Crippen LogP contribution in [0.3, 0.4) is 0 Å². The van der Waals surface area contributed by atoms with Crippen molar-refractivity contribution in [3.8, 4) is 10.6 Å². The zero-order valence-electron chi connectivity index (χ0n) is 15.9. The average molecular weight is 474 g/mol. The Morgan fingerprint density at radius 3 is 2.50 bits per heavy atom. The molecule has 2 aliphatic rings. The topological polar surface area (TPSA) is 105 Å². The van der Waals surface area contributed by atoms with Gasteiger partial charge in [0.2, 0.25) is 10.0 Å². The van der Waals surface area contributed by atoms with Crippen LogP contribution in [-0.2, 0) is 19.9 Å². The molecule has 0 bridgehead atoms. The molecule has 0 N–H and O–H groups in total. The number of hydrogen-bond acceptors (Lipinski definition) is 7. The van der Waals surface area contributed by atoms with Crippen molar-refractivity contribution in [3.63, 3.8) is 0 Å². The summed E-state index contributed by atoms with van der Waals surface area (Å²) >= 11 is 1.09. The molecule has 162 valence electrons. The predicted molar refractivity (Wildman–Crippen MR) is 111 cm³/mol. The van der Waals surface area contributed by atoms with Crippen molar-refractivity contribution in [2.45, 2.75) is 11.7 Å². The van der Waals surface area contributed by atoms with Crippen LogP contribution >= 0.6 is 11.3 Å². The summed E-state index contributed by atoms with van der Waals surface area (Å²) in [7, 11) is -7.02. The highest BCUT2D eigenvalue weighted by atomic mass is 32.2. The molecule has 1 atom stereocenters. The highest BCUT2D eigenvalue weighted by Crippen LogP contribution is 2.29. The standard InChI is InChI=1S/C18H20FN3O5S3/c19-15-4-2-1-3-14(15)17-20-11-16(28-17)18(23)21-6-8-22(9-7-21)30(26,27)13-5-10-29(24,25)12-13/h1-4,11,13H,5-10,12H2. The van der Waals surface area contributed by atoms with Crippen molar-refractivity contribution in [2.75, 3.05) is 37.7 Å². The number of benzene rings is 1. The molecule has 4 rings (SSSR count). The largest absolute Gasteiger partial charge is 0.335 e. The Hall–Kier alpha value is -1.89. The smallest absolute Gasteiger partial charge is 0.265 e. The molecule has 2 aromatic rings. The van der Waals surface area contributed by atoms with Crippen molar-refractivity contribution in [1.29, 1.82) is 0 Å². The monoisotopic (exact) mass is 473 g/mol. The number of nitrogens with zero attached hydrogens (tertiary/aromatic N) is 3. The third-order valence-corrected chi connectivity index (χ3v) is 10.6. The molecule has 3 heterocycles. The fourth-order valence-electron chi connectivity index (χ4n) is 3.64. The van der Waals surface area contributed by atoms with E-state index < -0.39 is 30.9 Å². The van der Waals surface area contributed by atoms with Crippen molar-refractivity contribution < 1.29 is 26.0 Å². The van der Waals surface area contributed by atoms with Gasteiger partial charge in [0.25, 0.3) is 5.91 Å². The van der Waals surface area contributed by atoms with Gasteiger partial charge in [-0.2, -0.15) is 4.31 Å². The molecular formula is C18H20FN3O5S3. The van der Waals surface area contributed by atoms with E-state index in [2.05, 4.69) is 4.98 Å². The Balaban J connectivity index is 1.41. The normalized spacial score (nSPS) is 22.3. The minimum atomic E-state index is -3.72. The van der Waals surface area contributed by atoms with E-state index in [-0.39, 0.29) is 50.0 Å². The molecule has 0 saturated carbocycles. The molecule has 0 radical (unpaired) electrons. The highest BCUT2D eigenvalue weighted by Gasteiger charge is 2.41. The maximum absolute atomic E-state index is 13.9. The molecule has 0 aliphatic carbocycles. The summed E-state index contributed by atoms with van der Waals surface area (Å²) in [5.41, 5.74) is 0.323. The second kappa shape index (κ2) is 7.98. The van der Waals surface area contributed by atoms with Gasteiger partial charge in [-0.25, -0.2) is 26.2 Å². The first-order chi connectivity index (χ1) is 14.2. The van der Waals surface area contributed by atoms with Crippen LogP contribution in [0.2, 0.25) is 0 Å². The van der Waals surface area contributed by atoms with Crippen LogP contribution in [0.4, 0.5) is 4.39 Å². The van der Waals surface area contributed by atoms with Gasteiger partial charge in [0.15, 0.2) is 9.84 Å². The van der Waals surface area contributed by atoms with Crippen molar-refractivity contribution >= 4 is 37.1 Å². The summed E-state index contributed by atoms with van der Waals surface area (Å²) in [5.74, 6) is -1.15. The number of sulfone groups is 1. The Morgan fingerprint density at radius 2 is 1.87 bits per heavy atom. The fourth-order valence-corrected chi connectivity index (χ4v) is 9.06. The zero-order valence-corrected chi connectivity index (χ0v) is 18.3. The molecule has 0 spiro atoms. The summed E-state index contributed by atoms with van der Waals surface area (Å²) < 4.78 is 63.9. The number of aromatic nitrogens is 1. The average Bonchev–Trinajstić information content (AvgIpc) is 3.35. The van der Waals surface area contributed by atoms with Gasteiger partial charge in [-0.05, 0) is 18.6 Å². The molecule has 30 heavy (non-hydrogen) atoms. The van der Waals surface area contributed by atoms with E-state index in [1.807, 2.05) is 0 Å². The van der Waals surface area contributed by atoms with E-state index in [0.29, 0.717) is 15.4 Å². The first-order valence-electron chi connectivity index (χ1n) is 9.37. The number of rotatable bonds is 4. The minimum Gasteiger partial charge on any atom is -0.335 e. The summed E-state index contributed by atoms with van der Waals surface area (Å²) in [6.07, 6.45) is 1.52. The Labute approximate surface area is 178 Å². The van der Waals surface area contributed by atoms with Gasteiger partial charge in [0, 0.05) is 31.7 Å². The minimum absolute atomic E-state index is 0.106. The quantitative estimate of drug-likeness (QED) is 0.661. The second-order valence-electron chi connectivity index (χ2n) is 7.27. The zero-order chi connectivity index (χ0) is 21.5. The van der Waals surface area contributed by atoms with Crippen molar-refractivity contribution in [2.24, 2.45) is 0 Å². The number of amides is 1. The van der Waals surface area contributed by atoms with Crippen molar-refractivity contribution in [1.82, 2.24) is 14.2 Å². The Bertz CT molecular complexity index is 1170. The predicted octanol–water partition coefficient (Wildman–Crippen LogP) is 1.22. The third-order valence-electron chi connectivity index (χ3n) is 5.32. The van der Waals surface area contributed by atoms with E-state index in [4.69, 9.17) is 0 Å². The fraction of sp³-hybridized carbons (Fsp3) is 0.444. The van der Waals surface area contributed by atoms with Gasteiger partial charge in [0.1, 0.15) is 15.7 Å². The van der Waals surface area contributed by atoms with E-state index in [1.54, 1.807) is 18.2 Å². The molecule has 8 nitrogen and oxygen atoms in total. The Kier molecular flexibility index (Phi) is 5.68. The van der Waals surface area contributed by atoms with Gasteiger partial charge < -0.3 is 4.90 Å². The molecule has 2 aliphatic heterocycles. The lowest BCUT2D eigenvalue weighted by molar-refractivity contribution is 0.0702. The van der Waals surface area contributed by atoms with Gasteiger partial charge in [-0.1, -0.05) is 12.1 Å². The van der Waals surface area contributed by atoms with E-state index in [0.717, 1.165) is 11.3 Å². The molecule has 1 unspecified atom stereocenters. The number of piperazine rings is 1. The third kappa shape index (κ3) is 4.13. The van der Waals surface area contributed by atoms with E-state index in [9.17, 15) is 26.0 Å². The lowest BCUT2D eigenvalue weighted by Gasteiger charge is -2.34. The number of hydrogen-bond donors (Lipinski definition) is 0. The summed E-state index contributed by atoms with van der Waals surface area (Å²) in [6, 6.07) is 6.19. The molecule has 2 saturated heterocycles. The van der Waals surface area contributed by atoms with Crippen molar-refractivity contribution in [3.05, 3.63) is 41.2 Å².